The van der Waals surface area contributed by atoms with Crippen LogP contribution in [-0.2, 0) is 25.6 Å². The largest absolute Gasteiger partial charge is 0.480 e. The number of nitrogens with one attached hydrogen (secondary N) is 3. The lowest BCUT2D eigenvalue weighted by Gasteiger charge is -2.34. The second-order valence-electron chi connectivity index (χ2n) is 10.5. The van der Waals surface area contributed by atoms with Crippen LogP contribution in [0.3, 0.4) is 0 Å². The molecule has 3 amide bonds. The Kier molecular flexibility index (Phi) is 10.7. The summed E-state index contributed by atoms with van der Waals surface area (Å²) in [7, 11) is 0. The van der Waals surface area contributed by atoms with Crippen LogP contribution in [0.25, 0.3) is 11.1 Å². The summed E-state index contributed by atoms with van der Waals surface area (Å²) in [5.74, 6) is -2.51. The van der Waals surface area contributed by atoms with E-state index in [4.69, 9.17) is 0 Å². The van der Waals surface area contributed by atoms with Crippen molar-refractivity contribution in [2.75, 3.05) is 6.54 Å². The van der Waals surface area contributed by atoms with Crippen molar-refractivity contribution in [2.24, 2.45) is 5.92 Å². The van der Waals surface area contributed by atoms with Crippen molar-refractivity contribution in [3.8, 4) is 11.1 Å². The van der Waals surface area contributed by atoms with Gasteiger partial charge < -0.3 is 20.8 Å². The molecule has 1 aromatic carbocycles. The zero-order valence-electron chi connectivity index (χ0n) is 23.4. The first-order valence-electron chi connectivity index (χ1n) is 13.6. The summed E-state index contributed by atoms with van der Waals surface area (Å²) in [5, 5.41) is 25.7. The molecule has 4 atom stereocenters. The molecular weight excluding hydrogens is 514 g/mol. The zero-order chi connectivity index (χ0) is 29.4. The standard InChI is InChI=1S/C29H39N5O6/c1-17(2)26(27(37)31-18(3)28(38)34-14-6-9-24(33-34)29(39)40)32-25(36)13-12-23-11-10-22(16-30-23)21-8-5-7-20(15-21)19(4)35/h5,7-8,10-11,15-19,24,26,33,35H,6,9,12-14H2,1-4H3,(H,31,37)(H,32,36)(H,39,40). The Bertz CT molecular complexity index is 1200. The molecule has 216 valence electrons. The van der Waals surface area contributed by atoms with Gasteiger partial charge in [0.2, 0.25) is 11.8 Å². The number of hydrogen-bond donors (Lipinski definition) is 5. The predicted molar refractivity (Wildman–Crippen MR) is 149 cm³/mol. The molecule has 40 heavy (non-hydrogen) atoms. The molecule has 2 aromatic rings. The molecule has 2 heterocycles. The quantitative estimate of drug-likeness (QED) is 0.282. The fourth-order valence-corrected chi connectivity index (χ4v) is 4.47. The Morgan fingerprint density at radius 3 is 2.45 bits per heavy atom. The molecule has 0 radical (unpaired) electrons. The summed E-state index contributed by atoms with van der Waals surface area (Å²) in [5.41, 5.74) is 6.07. The summed E-state index contributed by atoms with van der Waals surface area (Å²) in [4.78, 5) is 54.2. The topological polar surface area (TPSA) is 161 Å². The average Bonchev–Trinajstić information content (AvgIpc) is 2.94. The van der Waals surface area contributed by atoms with Crippen molar-refractivity contribution >= 4 is 23.7 Å². The number of aryl methyl sites for hydroxylation is 1. The molecule has 4 unspecified atom stereocenters. The van der Waals surface area contributed by atoms with E-state index >= 15 is 0 Å². The second kappa shape index (κ2) is 14.0. The summed E-state index contributed by atoms with van der Waals surface area (Å²) < 4.78 is 0. The minimum Gasteiger partial charge on any atom is -0.480 e. The number of aliphatic hydroxyl groups is 1. The predicted octanol–water partition coefficient (Wildman–Crippen LogP) is 1.96. The highest BCUT2D eigenvalue weighted by molar-refractivity contribution is 5.92. The van der Waals surface area contributed by atoms with Gasteiger partial charge in [0.05, 0.1) is 6.10 Å². The Hall–Kier alpha value is -3.83. The lowest BCUT2D eigenvalue weighted by Crippen LogP contribution is -2.60. The molecule has 0 spiro atoms. The van der Waals surface area contributed by atoms with Crippen molar-refractivity contribution in [1.82, 2.24) is 26.1 Å². The monoisotopic (exact) mass is 553 g/mol. The highest BCUT2D eigenvalue weighted by Crippen LogP contribution is 2.23. The number of aliphatic hydroxyl groups excluding tert-OH is 1. The summed E-state index contributed by atoms with van der Waals surface area (Å²) in [6, 6.07) is 8.76. The fourth-order valence-electron chi connectivity index (χ4n) is 4.47. The number of rotatable bonds is 11. The van der Waals surface area contributed by atoms with E-state index < -0.39 is 42.0 Å². The summed E-state index contributed by atoms with van der Waals surface area (Å²) in [6.07, 6.45) is 2.63. The number of hydrogen-bond acceptors (Lipinski definition) is 7. The minimum atomic E-state index is -1.04. The molecule has 1 saturated heterocycles. The van der Waals surface area contributed by atoms with Crippen molar-refractivity contribution in [3.63, 3.8) is 0 Å². The van der Waals surface area contributed by atoms with Gasteiger partial charge in [-0.25, -0.2) is 5.43 Å². The third kappa shape index (κ3) is 8.33. The van der Waals surface area contributed by atoms with Crippen molar-refractivity contribution in [1.29, 1.82) is 0 Å². The molecule has 11 heteroatoms. The number of amides is 3. The minimum absolute atomic E-state index is 0.128. The van der Waals surface area contributed by atoms with Gasteiger partial charge in [-0.05, 0) is 62.3 Å². The molecule has 5 N–H and O–H groups in total. The van der Waals surface area contributed by atoms with Gasteiger partial charge >= 0.3 is 5.97 Å². The number of benzene rings is 1. The van der Waals surface area contributed by atoms with E-state index in [1.807, 2.05) is 36.4 Å². The smallest absolute Gasteiger partial charge is 0.322 e. The van der Waals surface area contributed by atoms with Crippen LogP contribution in [-0.4, -0.2) is 68.6 Å². The highest BCUT2D eigenvalue weighted by atomic mass is 16.4. The van der Waals surface area contributed by atoms with Crippen molar-refractivity contribution < 1.29 is 29.4 Å². The SMILES string of the molecule is CC(NC(=O)C(NC(=O)CCc1ccc(-c2cccc(C(C)O)c2)cn1)C(C)C)C(=O)N1CCCC(C(=O)O)N1. The maximum Gasteiger partial charge on any atom is 0.322 e. The normalized spacial score (nSPS) is 17.6. The first-order chi connectivity index (χ1) is 19.0. The molecule has 1 fully saturated rings. The molecule has 1 aromatic heterocycles. The molecule has 1 aliphatic heterocycles. The zero-order valence-corrected chi connectivity index (χ0v) is 23.4. The summed E-state index contributed by atoms with van der Waals surface area (Å²) in [6.45, 7) is 7.18. The maximum absolute atomic E-state index is 13.0. The van der Waals surface area contributed by atoms with Crippen LogP contribution >= 0.6 is 0 Å². The van der Waals surface area contributed by atoms with Gasteiger partial charge in [-0.2, -0.15) is 0 Å². The van der Waals surface area contributed by atoms with Gasteiger partial charge in [-0.3, -0.25) is 29.2 Å². The van der Waals surface area contributed by atoms with Crippen molar-refractivity contribution in [3.05, 3.63) is 53.9 Å². The second-order valence-corrected chi connectivity index (χ2v) is 10.5. The van der Waals surface area contributed by atoms with E-state index in [1.54, 1.807) is 27.0 Å². The van der Waals surface area contributed by atoms with Crippen LogP contribution in [0.15, 0.2) is 42.6 Å². The van der Waals surface area contributed by atoms with Gasteiger partial charge in [-0.1, -0.05) is 38.1 Å². The molecule has 0 aliphatic carbocycles. The van der Waals surface area contributed by atoms with Gasteiger partial charge in [-0.15, -0.1) is 0 Å². The number of nitrogens with zero attached hydrogens (tertiary/aromatic N) is 2. The maximum atomic E-state index is 13.0. The molecular formula is C29H39N5O6. The van der Waals surface area contributed by atoms with E-state index in [0.717, 1.165) is 22.4 Å². The van der Waals surface area contributed by atoms with E-state index in [1.165, 1.54) is 11.9 Å². The number of aromatic nitrogens is 1. The average molecular weight is 554 g/mol. The summed E-state index contributed by atoms with van der Waals surface area (Å²) >= 11 is 0. The Labute approximate surface area is 234 Å². The number of carboxylic acid groups (broad SMARTS) is 1. The number of pyridine rings is 1. The Morgan fingerprint density at radius 2 is 1.82 bits per heavy atom. The molecule has 11 nitrogen and oxygen atoms in total. The number of hydrazine groups is 1. The van der Waals surface area contributed by atoms with Gasteiger partial charge in [0, 0.05) is 30.4 Å². The number of carbonyl (C=O) groups excluding carboxylic acids is 3. The van der Waals surface area contributed by atoms with E-state index in [-0.39, 0.29) is 18.2 Å². The first-order valence-corrected chi connectivity index (χ1v) is 13.6. The molecule has 0 bridgehead atoms. The third-order valence-electron chi connectivity index (χ3n) is 6.88. The number of carboxylic acids is 1. The van der Waals surface area contributed by atoms with E-state index in [2.05, 4.69) is 21.0 Å². The Balaban J connectivity index is 1.52. The molecule has 0 saturated carbocycles. The van der Waals surface area contributed by atoms with Crippen LogP contribution in [0, 0.1) is 5.92 Å². The lowest BCUT2D eigenvalue weighted by molar-refractivity contribution is -0.148. The number of aliphatic carboxylic acids is 1. The van der Waals surface area contributed by atoms with Gasteiger partial charge in [0.1, 0.15) is 18.1 Å². The van der Waals surface area contributed by atoms with E-state index in [9.17, 15) is 29.4 Å². The van der Waals surface area contributed by atoms with Gasteiger partial charge in [0.25, 0.3) is 5.91 Å². The third-order valence-corrected chi connectivity index (χ3v) is 6.88. The highest BCUT2D eigenvalue weighted by Gasteiger charge is 2.32. The van der Waals surface area contributed by atoms with Crippen LogP contribution in [0.1, 0.15) is 64.3 Å². The van der Waals surface area contributed by atoms with Gasteiger partial charge in [0.15, 0.2) is 0 Å². The molecule has 1 aliphatic rings. The van der Waals surface area contributed by atoms with Crippen molar-refractivity contribution in [2.45, 2.75) is 77.6 Å². The molecule has 3 rings (SSSR count). The lowest BCUT2D eigenvalue weighted by atomic mass is 10.0. The van der Waals surface area contributed by atoms with E-state index in [0.29, 0.717) is 25.8 Å². The first kappa shape index (κ1) is 30.7. The van der Waals surface area contributed by atoms with Crippen LogP contribution < -0.4 is 16.1 Å². The fraction of sp³-hybridized carbons (Fsp3) is 0.483. The van der Waals surface area contributed by atoms with Crippen LogP contribution in [0.2, 0.25) is 0 Å². The Morgan fingerprint density at radius 1 is 1.07 bits per heavy atom. The van der Waals surface area contributed by atoms with Crippen LogP contribution in [0.5, 0.6) is 0 Å². The van der Waals surface area contributed by atoms with Crippen LogP contribution in [0.4, 0.5) is 0 Å². The number of carbonyl (C=O) groups is 4.